The number of carbonyl (C=O) groups excluding carboxylic acids is 1. The third-order valence-corrected chi connectivity index (χ3v) is 5.63. The first kappa shape index (κ1) is 18.7. The molecule has 2 aromatic rings. The maximum Gasteiger partial charge on any atom is 0.234 e. The number of thiophene rings is 1. The van der Waals surface area contributed by atoms with Gasteiger partial charge in [0.15, 0.2) is 11.5 Å². The molecule has 0 saturated heterocycles. The third kappa shape index (κ3) is 3.86. The molecule has 1 aliphatic rings. The number of fused-ring (bicyclic) bond motifs is 1. The number of benzene rings is 1. The van der Waals surface area contributed by atoms with Crippen LogP contribution in [0, 0.1) is 0 Å². The van der Waals surface area contributed by atoms with Crippen LogP contribution >= 0.6 is 11.3 Å². The lowest BCUT2D eigenvalue weighted by molar-refractivity contribution is -0.122. The molecule has 0 unspecified atom stereocenters. The van der Waals surface area contributed by atoms with Crippen LogP contribution in [0.4, 0.5) is 0 Å². The van der Waals surface area contributed by atoms with Crippen LogP contribution in [-0.4, -0.2) is 44.7 Å². The average Bonchev–Trinajstić information content (AvgIpc) is 3.19. The van der Waals surface area contributed by atoms with Crippen LogP contribution < -0.4 is 14.8 Å². The molecule has 2 heterocycles. The van der Waals surface area contributed by atoms with Crippen LogP contribution in [0.1, 0.15) is 35.4 Å². The molecule has 1 aliphatic heterocycles. The highest BCUT2D eigenvalue weighted by molar-refractivity contribution is 7.10. The van der Waals surface area contributed by atoms with Crippen LogP contribution in [-0.2, 0) is 11.2 Å². The van der Waals surface area contributed by atoms with E-state index in [1.165, 1.54) is 16.0 Å². The molecule has 0 aliphatic carbocycles. The fourth-order valence-corrected chi connectivity index (χ4v) is 4.33. The van der Waals surface area contributed by atoms with Crippen molar-refractivity contribution in [2.45, 2.75) is 25.8 Å². The molecule has 3 rings (SSSR count). The Morgan fingerprint density at radius 3 is 2.73 bits per heavy atom. The van der Waals surface area contributed by atoms with Crippen molar-refractivity contribution >= 4 is 17.2 Å². The second-order valence-corrected chi connectivity index (χ2v) is 7.37. The summed E-state index contributed by atoms with van der Waals surface area (Å²) in [6, 6.07) is 8.39. The second-order valence-electron chi connectivity index (χ2n) is 6.39. The molecule has 0 radical (unpaired) electrons. The van der Waals surface area contributed by atoms with E-state index < -0.39 is 0 Å². The average molecular weight is 375 g/mol. The first-order chi connectivity index (χ1) is 12.7. The van der Waals surface area contributed by atoms with Crippen LogP contribution in [0.15, 0.2) is 29.6 Å². The van der Waals surface area contributed by atoms with Crippen molar-refractivity contribution in [1.29, 1.82) is 0 Å². The van der Waals surface area contributed by atoms with Crippen molar-refractivity contribution in [1.82, 2.24) is 10.2 Å². The summed E-state index contributed by atoms with van der Waals surface area (Å²) in [5.41, 5.74) is 2.45. The van der Waals surface area contributed by atoms with Crippen molar-refractivity contribution in [2.75, 3.05) is 33.9 Å². The minimum absolute atomic E-state index is 0.0610. The van der Waals surface area contributed by atoms with E-state index in [0.717, 1.165) is 37.4 Å². The third-order valence-electron chi connectivity index (χ3n) is 4.71. The van der Waals surface area contributed by atoms with Gasteiger partial charge in [0.25, 0.3) is 0 Å². The van der Waals surface area contributed by atoms with Crippen molar-refractivity contribution in [2.24, 2.45) is 0 Å². The zero-order chi connectivity index (χ0) is 18.5. The number of carbonyl (C=O) groups is 1. The largest absolute Gasteiger partial charge is 0.493 e. The minimum atomic E-state index is 0.0610. The lowest BCUT2D eigenvalue weighted by Crippen LogP contribution is -2.43. The lowest BCUT2D eigenvalue weighted by Gasteiger charge is -2.37. The number of hydrogen-bond donors (Lipinski definition) is 1. The Bertz CT molecular complexity index is 746. The summed E-state index contributed by atoms with van der Waals surface area (Å²) in [7, 11) is 3.32. The summed E-state index contributed by atoms with van der Waals surface area (Å²) in [6.45, 7) is 4.02. The molecule has 140 valence electrons. The van der Waals surface area contributed by atoms with E-state index in [4.69, 9.17) is 9.47 Å². The molecule has 1 atom stereocenters. The molecule has 0 spiro atoms. The Hall–Kier alpha value is -2.05. The molecule has 26 heavy (non-hydrogen) atoms. The highest BCUT2D eigenvalue weighted by Gasteiger charge is 2.32. The van der Waals surface area contributed by atoms with Gasteiger partial charge in [-0.2, -0.15) is 0 Å². The van der Waals surface area contributed by atoms with Crippen LogP contribution in [0.25, 0.3) is 0 Å². The van der Waals surface area contributed by atoms with Gasteiger partial charge in [0.1, 0.15) is 0 Å². The lowest BCUT2D eigenvalue weighted by atomic mass is 9.91. The van der Waals surface area contributed by atoms with E-state index in [0.29, 0.717) is 6.54 Å². The first-order valence-corrected chi connectivity index (χ1v) is 9.84. The predicted molar refractivity (Wildman–Crippen MR) is 104 cm³/mol. The number of hydrogen-bond acceptors (Lipinski definition) is 5. The van der Waals surface area contributed by atoms with Gasteiger partial charge >= 0.3 is 0 Å². The van der Waals surface area contributed by atoms with Gasteiger partial charge in [-0.15, -0.1) is 11.3 Å². The molecular formula is C20H26N2O3S. The Balaban J connectivity index is 1.96. The normalized spacial score (nSPS) is 16.8. The summed E-state index contributed by atoms with van der Waals surface area (Å²) in [4.78, 5) is 15.8. The fraction of sp³-hybridized carbons (Fsp3) is 0.450. The maximum absolute atomic E-state index is 12.3. The van der Waals surface area contributed by atoms with Crippen LogP contribution in [0.2, 0.25) is 0 Å². The molecule has 1 aromatic carbocycles. The molecule has 1 amide bonds. The number of methoxy groups -OCH3 is 2. The Kier molecular flexibility index (Phi) is 6.16. The summed E-state index contributed by atoms with van der Waals surface area (Å²) >= 11 is 1.72. The van der Waals surface area contributed by atoms with E-state index in [9.17, 15) is 4.79 Å². The molecule has 0 fully saturated rings. The second kappa shape index (κ2) is 8.56. The smallest absolute Gasteiger partial charge is 0.234 e. The summed E-state index contributed by atoms with van der Waals surface area (Å²) in [6.07, 6.45) is 1.83. The van der Waals surface area contributed by atoms with Crippen molar-refractivity contribution in [3.8, 4) is 11.5 Å². The monoisotopic (exact) mass is 374 g/mol. The Labute approximate surface area is 158 Å². The van der Waals surface area contributed by atoms with E-state index in [-0.39, 0.29) is 11.9 Å². The molecule has 5 nitrogen and oxygen atoms in total. The molecule has 0 saturated carbocycles. The van der Waals surface area contributed by atoms with E-state index in [2.05, 4.69) is 46.8 Å². The predicted octanol–water partition coefficient (Wildman–Crippen LogP) is 3.24. The van der Waals surface area contributed by atoms with Crippen molar-refractivity contribution in [3.63, 3.8) is 0 Å². The number of nitrogens with zero attached hydrogens (tertiary/aromatic N) is 1. The number of amides is 1. The van der Waals surface area contributed by atoms with Crippen LogP contribution in [0.3, 0.4) is 0 Å². The number of ether oxygens (including phenoxy) is 2. The Morgan fingerprint density at radius 2 is 2.08 bits per heavy atom. The molecular weight excluding hydrogens is 348 g/mol. The van der Waals surface area contributed by atoms with Gasteiger partial charge in [-0.3, -0.25) is 9.69 Å². The van der Waals surface area contributed by atoms with E-state index in [1.54, 1.807) is 25.6 Å². The molecule has 0 bridgehead atoms. The van der Waals surface area contributed by atoms with Gasteiger partial charge in [-0.1, -0.05) is 13.0 Å². The molecule has 1 aromatic heterocycles. The van der Waals surface area contributed by atoms with E-state index >= 15 is 0 Å². The highest BCUT2D eigenvalue weighted by atomic mass is 32.1. The topological polar surface area (TPSA) is 50.8 Å². The van der Waals surface area contributed by atoms with Crippen molar-refractivity contribution < 1.29 is 14.3 Å². The van der Waals surface area contributed by atoms with Gasteiger partial charge < -0.3 is 14.8 Å². The molecule has 6 heteroatoms. The highest BCUT2D eigenvalue weighted by Crippen LogP contribution is 2.41. The summed E-state index contributed by atoms with van der Waals surface area (Å²) in [5, 5.41) is 5.07. The maximum atomic E-state index is 12.3. The van der Waals surface area contributed by atoms with Crippen molar-refractivity contribution in [3.05, 3.63) is 45.6 Å². The quantitative estimate of drug-likeness (QED) is 0.808. The minimum Gasteiger partial charge on any atom is -0.493 e. The fourth-order valence-electron chi connectivity index (χ4n) is 3.45. The SMILES string of the molecule is CCCNC(=O)CN1CCc2cc(OC)c(OC)cc2[C@H]1c1cccs1. The molecule has 1 N–H and O–H groups in total. The van der Waals surface area contributed by atoms with Crippen LogP contribution in [0.5, 0.6) is 11.5 Å². The van der Waals surface area contributed by atoms with Gasteiger partial charge in [-0.05, 0) is 47.5 Å². The zero-order valence-corrected chi connectivity index (χ0v) is 16.4. The summed E-state index contributed by atoms with van der Waals surface area (Å²) in [5.74, 6) is 1.56. The Morgan fingerprint density at radius 1 is 1.31 bits per heavy atom. The van der Waals surface area contributed by atoms with Gasteiger partial charge in [0, 0.05) is 18.0 Å². The first-order valence-electron chi connectivity index (χ1n) is 8.96. The van der Waals surface area contributed by atoms with E-state index in [1.807, 2.05) is 0 Å². The van der Waals surface area contributed by atoms with Gasteiger partial charge in [0.2, 0.25) is 5.91 Å². The number of rotatable bonds is 7. The zero-order valence-electron chi connectivity index (χ0n) is 15.6. The summed E-state index contributed by atoms with van der Waals surface area (Å²) < 4.78 is 11.0. The van der Waals surface area contributed by atoms with Gasteiger partial charge in [-0.25, -0.2) is 0 Å². The van der Waals surface area contributed by atoms with Gasteiger partial charge in [0.05, 0.1) is 26.8 Å². The number of nitrogens with one attached hydrogen (secondary N) is 1. The standard InChI is InChI=1S/C20H26N2O3S/c1-4-8-21-19(23)13-22-9-7-14-11-16(24-2)17(25-3)12-15(14)20(22)18-6-5-10-26-18/h5-6,10-12,20H,4,7-9,13H2,1-3H3,(H,21,23)/t20-/m0/s1.